The van der Waals surface area contributed by atoms with Gasteiger partial charge in [0.15, 0.2) is 0 Å². The van der Waals surface area contributed by atoms with Crippen molar-refractivity contribution < 1.29 is 23.5 Å². The number of nitrogens with one attached hydrogen (secondary N) is 3. The molecule has 0 saturated carbocycles. The molecule has 1 aromatic carbocycles. The number of hydrogen-bond acceptors (Lipinski definition) is 6. The van der Waals surface area contributed by atoms with Crippen LogP contribution >= 0.6 is 0 Å². The minimum atomic E-state index is -0.591. The van der Waals surface area contributed by atoms with Gasteiger partial charge in [0.1, 0.15) is 23.8 Å². The van der Waals surface area contributed by atoms with E-state index in [0.29, 0.717) is 65.4 Å². The van der Waals surface area contributed by atoms with Crippen LogP contribution in [0.2, 0.25) is 0 Å². The first-order valence-electron chi connectivity index (χ1n) is 13.7. The van der Waals surface area contributed by atoms with E-state index >= 15 is 0 Å². The van der Waals surface area contributed by atoms with Gasteiger partial charge in [-0.2, -0.15) is 0 Å². The lowest BCUT2D eigenvalue weighted by Gasteiger charge is -2.49. The fraction of sp³-hybridized carbons (Fsp3) is 0.433. The summed E-state index contributed by atoms with van der Waals surface area (Å²) >= 11 is 0. The van der Waals surface area contributed by atoms with Crippen molar-refractivity contribution in [2.75, 3.05) is 25.0 Å². The molecular weight excluding hydrogens is 513 g/mol. The van der Waals surface area contributed by atoms with Crippen molar-refractivity contribution in [3.63, 3.8) is 0 Å². The Labute approximate surface area is 233 Å². The molecule has 10 heteroatoms. The van der Waals surface area contributed by atoms with Crippen LogP contribution in [0.25, 0.3) is 11.3 Å². The number of anilines is 2. The van der Waals surface area contributed by atoms with Crippen LogP contribution in [-0.2, 0) is 17.6 Å². The summed E-state index contributed by atoms with van der Waals surface area (Å²) in [7, 11) is 0. The molecule has 2 aliphatic rings. The van der Waals surface area contributed by atoms with Crippen molar-refractivity contribution in [2.45, 2.75) is 65.0 Å². The maximum atomic E-state index is 14.6. The first-order valence-corrected chi connectivity index (χ1v) is 13.7. The molecule has 5 rings (SSSR count). The standard InChI is InChI=1S/C30H36FN5O4/c1-6-18-20(31)8-7-9-21(18)34-26-24-22(11-14-33-27(24)37)35-25(26)19-10-13-32-16-23(19)39-17-30(5)12-15-36(30)28(38)40-29(2,3)4/h7-10,13,16,34-35H,6,11-12,14-15,17H2,1-5H3,(H,33,37). The monoisotopic (exact) mass is 549 g/mol. The second-order valence-electron chi connectivity index (χ2n) is 11.5. The molecule has 0 aliphatic carbocycles. The number of hydrogen-bond donors (Lipinski definition) is 3. The van der Waals surface area contributed by atoms with Crippen LogP contribution < -0.4 is 15.4 Å². The summed E-state index contributed by atoms with van der Waals surface area (Å²) in [6, 6.07) is 6.70. The maximum absolute atomic E-state index is 14.6. The van der Waals surface area contributed by atoms with Gasteiger partial charge in [-0.05, 0) is 58.7 Å². The molecular formula is C30H36FN5O4. The number of ether oxygens (including phenoxy) is 2. The zero-order chi connectivity index (χ0) is 28.7. The Balaban J connectivity index is 1.48. The number of pyridine rings is 1. The van der Waals surface area contributed by atoms with E-state index in [-0.39, 0.29) is 24.4 Å². The molecule has 1 atom stereocenters. The normalized spacial score (nSPS) is 18.4. The van der Waals surface area contributed by atoms with Crippen molar-refractivity contribution in [1.29, 1.82) is 0 Å². The Morgan fingerprint density at radius 2 is 2.08 bits per heavy atom. The van der Waals surface area contributed by atoms with E-state index in [9.17, 15) is 14.0 Å². The summed E-state index contributed by atoms with van der Waals surface area (Å²) in [4.78, 5) is 35.2. The number of amides is 2. The van der Waals surface area contributed by atoms with Crippen LogP contribution in [0.3, 0.4) is 0 Å². The number of halogens is 1. The Bertz CT molecular complexity index is 1450. The molecule has 212 valence electrons. The lowest BCUT2D eigenvalue weighted by atomic mass is 9.88. The number of fused-ring (bicyclic) bond motifs is 1. The third-order valence-corrected chi connectivity index (χ3v) is 7.43. The van der Waals surface area contributed by atoms with Gasteiger partial charge in [-0.3, -0.25) is 14.7 Å². The molecule has 3 aromatic rings. The zero-order valence-electron chi connectivity index (χ0n) is 23.6. The maximum Gasteiger partial charge on any atom is 0.410 e. The van der Waals surface area contributed by atoms with E-state index in [1.54, 1.807) is 29.4 Å². The van der Waals surface area contributed by atoms with Crippen molar-refractivity contribution >= 4 is 23.4 Å². The Morgan fingerprint density at radius 1 is 1.27 bits per heavy atom. The number of H-pyrrole nitrogens is 1. The predicted molar refractivity (Wildman–Crippen MR) is 151 cm³/mol. The molecule has 4 heterocycles. The quantitative estimate of drug-likeness (QED) is 0.355. The largest absolute Gasteiger partial charge is 0.489 e. The SMILES string of the molecule is CCc1c(F)cccc1Nc1c(-c2ccncc2OCC2(C)CCN2C(=O)OC(C)(C)C)[nH]c2c1C(=O)NCC2. The summed E-state index contributed by atoms with van der Waals surface area (Å²) in [5.41, 5.74) is 3.18. The highest BCUT2D eigenvalue weighted by Crippen LogP contribution is 2.42. The van der Waals surface area contributed by atoms with Gasteiger partial charge in [-0.1, -0.05) is 13.0 Å². The molecule has 9 nitrogen and oxygen atoms in total. The van der Waals surface area contributed by atoms with Crippen molar-refractivity contribution in [2.24, 2.45) is 0 Å². The highest BCUT2D eigenvalue weighted by atomic mass is 19.1. The molecule has 40 heavy (non-hydrogen) atoms. The number of nitrogens with zero attached hydrogens (tertiary/aromatic N) is 2. The first kappa shape index (κ1) is 27.5. The molecule has 0 radical (unpaired) electrons. The second kappa shape index (κ2) is 10.5. The molecule has 0 spiro atoms. The van der Waals surface area contributed by atoms with Crippen LogP contribution in [-0.4, -0.2) is 57.7 Å². The van der Waals surface area contributed by atoms with Crippen molar-refractivity contribution in [1.82, 2.24) is 20.2 Å². The number of aromatic nitrogens is 2. The van der Waals surface area contributed by atoms with Gasteiger partial charge in [0.05, 0.1) is 28.7 Å². The number of carbonyl (C=O) groups is 2. The number of likely N-dealkylation sites (tertiary alicyclic amines) is 1. The molecule has 0 bridgehead atoms. The fourth-order valence-corrected chi connectivity index (χ4v) is 5.19. The minimum Gasteiger partial charge on any atom is -0.489 e. The second-order valence-corrected chi connectivity index (χ2v) is 11.5. The third-order valence-electron chi connectivity index (χ3n) is 7.43. The first-order chi connectivity index (χ1) is 19.0. The van der Waals surface area contributed by atoms with Gasteiger partial charge >= 0.3 is 6.09 Å². The van der Waals surface area contributed by atoms with Crippen LogP contribution in [0, 0.1) is 5.82 Å². The Morgan fingerprint density at radius 3 is 2.77 bits per heavy atom. The summed E-state index contributed by atoms with van der Waals surface area (Å²) in [6.45, 7) is 10.7. The third kappa shape index (κ3) is 5.22. The van der Waals surface area contributed by atoms with Gasteiger partial charge in [-0.15, -0.1) is 0 Å². The zero-order valence-corrected chi connectivity index (χ0v) is 23.6. The van der Waals surface area contributed by atoms with Gasteiger partial charge in [0.2, 0.25) is 0 Å². The molecule has 1 fully saturated rings. The van der Waals surface area contributed by atoms with Crippen LogP contribution in [0.4, 0.5) is 20.6 Å². The predicted octanol–water partition coefficient (Wildman–Crippen LogP) is 5.59. The number of carbonyl (C=O) groups excluding carboxylic acids is 2. The van der Waals surface area contributed by atoms with E-state index in [1.807, 2.05) is 40.7 Å². The van der Waals surface area contributed by atoms with Gasteiger partial charge < -0.3 is 25.1 Å². The van der Waals surface area contributed by atoms with E-state index in [4.69, 9.17) is 9.47 Å². The molecule has 2 amide bonds. The van der Waals surface area contributed by atoms with Gasteiger partial charge in [-0.25, -0.2) is 9.18 Å². The van der Waals surface area contributed by atoms with Crippen molar-refractivity contribution in [3.05, 3.63) is 59.3 Å². The van der Waals surface area contributed by atoms with Gasteiger partial charge in [0, 0.05) is 48.2 Å². The van der Waals surface area contributed by atoms with Crippen molar-refractivity contribution in [3.8, 4) is 17.0 Å². The number of rotatable bonds is 7. The van der Waals surface area contributed by atoms with E-state index in [0.717, 1.165) is 12.1 Å². The summed E-state index contributed by atoms with van der Waals surface area (Å²) < 4.78 is 26.5. The average molecular weight is 550 g/mol. The fourth-order valence-electron chi connectivity index (χ4n) is 5.19. The highest BCUT2D eigenvalue weighted by Gasteiger charge is 2.46. The Kier molecular flexibility index (Phi) is 7.20. The molecule has 2 aliphatic heterocycles. The number of benzene rings is 1. The van der Waals surface area contributed by atoms with Crippen LogP contribution in [0.5, 0.6) is 5.75 Å². The molecule has 2 aromatic heterocycles. The summed E-state index contributed by atoms with van der Waals surface area (Å²) in [5.74, 6) is -0.0110. The van der Waals surface area contributed by atoms with Gasteiger partial charge in [0.25, 0.3) is 5.91 Å². The highest BCUT2D eigenvalue weighted by molar-refractivity contribution is 6.06. The van der Waals surface area contributed by atoms with E-state index in [2.05, 4.69) is 20.6 Å². The average Bonchev–Trinajstić information content (AvgIpc) is 3.25. The summed E-state index contributed by atoms with van der Waals surface area (Å²) in [6.07, 6.45) is 4.80. The topological polar surface area (TPSA) is 109 Å². The molecule has 1 unspecified atom stereocenters. The smallest absolute Gasteiger partial charge is 0.410 e. The molecule has 3 N–H and O–H groups in total. The van der Waals surface area contributed by atoms with Crippen LogP contribution in [0.1, 0.15) is 62.7 Å². The molecule has 1 saturated heterocycles. The van der Waals surface area contributed by atoms with Crippen LogP contribution in [0.15, 0.2) is 36.7 Å². The lowest BCUT2D eigenvalue weighted by Crippen LogP contribution is -2.63. The minimum absolute atomic E-state index is 0.202. The van der Waals surface area contributed by atoms with E-state index < -0.39 is 11.1 Å². The van der Waals surface area contributed by atoms with E-state index in [1.165, 1.54) is 6.07 Å². The Hall–Kier alpha value is -4.08. The summed E-state index contributed by atoms with van der Waals surface area (Å²) in [5, 5.41) is 6.27. The number of aromatic amines is 1. The lowest BCUT2D eigenvalue weighted by molar-refractivity contribution is -0.0533.